The molecule has 0 saturated heterocycles. The van der Waals surface area contributed by atoms with Crippen LogP contribution in [0.1, 0.15) is 48.5 Å². The van der Waals surface area contributed by atoms with Gasteiger partial charge in [-0.15, -0.1) is 0 Å². The molecule has 0 fully saturated rings. The fourth-order valence-corrected chi connectivity index (χ4v) is 2.47. The molecule has 0 radical (unpaired) electrons. The number of hydrogen-bond acceptors (Lipinski definition) is 3. The summed E-state index contributed by atoms with van der Waals surface area (Å²) in [6.07, 6.45) is 7.26. The summed E-state index contributed by atoms with van der Waals surface area (Å²) >= 11 is 0. The first-order valence-electron chi connectivity index (χ1n) is 8.65. The molecule has 134 valence electrons. The molecular formula is C20H25FN2O2. The number of nitrogens with zero attached hydrogens (tertiary/aromatic N) is 2. The number of pyridine rings is 1. The van der Waals surface area contributed by atoms with Gasteiger partial charge in [-0.2, -0.15) is 0 Å². The fourth-order valence-electron chi connectivity index (χ4n) is 2.47. The predicted molar refractivity (Wildman–Crippen MR) is 96.6 cm³/mol. The zero-order valence-corrected chi connectivity index (χ0v) is 15.1. The quantitative estimate of drug-likeness (QED) is 0.644. The Morgan fingerprint density at radius 2 is 1.88 bits per heavy atom. The number of aromatic nitrogens is 1. The number of hydrogen-bond donors (Lipinski definition) is 0. The molecule has 0 atom stereocenters. The van der Waals surface area contributed by atoms with Crippen LogP contribution in [-0.4, -0.2) is 29.9 Å². The van der Waals surface area contributed by atoms with Crippen molar-refractivity contribution in [2.24, 2.45) is 0 Å². The molecule has 1 heterocycles. The van der Waals surface area contributed by atoms with E-state index in [1.165, 1.54) is 42.3 Å². The lowest BCUT2D eigenvalue weighted by Gasteiger charge is -2.11. The molecular weight excluding hydrogens is 319 g/mol. The van der Waals surface area contributed by atoms with Gasteiger partial charge in [-0.3, -0.25) is 4.79 Å². The average molecular weight is 344 g/mol. The second kappa shape index (κ2) is 9.16. The number of halogens is 1. The van der Waals surface area contributed by atoms with Gasteiger partial charge in [0.1, 0.15) is 5.75 Å². The van der Waals surface area contributed by atoms with Gasteiger partial charge < -0.3 is 9.64 Å². The van der Waals surface area contributed by atoms with Crippen molar-refractivity contribution in [2.75, 3.05) is 14.1 Å². The van der Waals surface area contributed by atoms with Crippen LogP contribution >= 0.6 is 0 Å². The number of carbonyl (C=O) groups excluding carboxylic acids is 1. The molecule has 0 bridgehead atoms. The number of carbonyl (C=O) groups is 1. The van der Waals surface area contributed by atoms with Crippen LogP contribution in [-0.2, 0) is 6.42 Å². The molecule has 1 aromatic heterocycles. The summed E-state index contributed by atoms with van der Waals surface area (Å²) in [6.45, 7) is 2.20. The van der Waals surface area contributed by atoms with Crippen LogP contribution in [0.3, 0.4) is 0 Å². The van der Waals surface area contributed by atoms with E-state index in [0.29, 0.717) is 5.75 Å². The minimum Gasteiger partial charge on any atom is -0.436 e. The number of ether oxygens (including phenoxy) is 1. The normalized spacial score (nSPS) is 10.6. The van der Waals surface area contributed by atoms with Crippen LogP contribution < -0.4 is 4.74 Å². The van der Waals surface area contributed by atoms with E-state index in [4.69, 9.17) is 4.74 Å². The molecule has 1 amide bonds. The second-order valence-electron chi connectivity index (χ2n) is 6.27. The second-order valence-corrected chi connectivity index (χ2v) is 6.27. The molecule has 0 aliphatic heterocycles. The van der Waals surface area contributed by atoms with Crippen LogP contribution in [0.2, 0.25) is 0 Å². The summed E-state index contributed by atoms with van der Waals surface area (Å²) < 4.78 is 19.6. The van der Waals surface area contributed by atoms with Crippen LogP contribution in [0.4, 0.5) is 4.39 Å². The van der Waals surface area contributed by atoms with Crippen molar-refractivity contribution < 1.29 is 13.9 Å². The van der Waals surface area contributed by atoms with Crippen molar-refractivity contribution >= 4 is 5.91 Å². The van der Waals surface area contributed by atoms with Crippen molar-refractivity contribution in [1.82, 2.24) is 9.88 Å². The van der Waals surface area contributed by atoms with Crippen molar-refractivity contribution in [3.05, 3.63) is 53.5 Å². The Bertz CT molecular complexity index is 699. The fraction of sp³-hybridized carbons (Fsp3) is 0.400. The maximum absolute atomic E-state index is 14.1. The minimum atomic E-state index is -0.656. The van der Waals surface area contributed by atoms with Crippen molar-refractivity contribution in [2.45, 2.75) is 39.0 Å². The number of unbranched alkanes of at least 4 members (excludes halogenated alkanes) is 3. The van der Waals surface area contributed by atoms with Gasteiger partial charge in [0.05, 0.1) is 5.56 Å². The highest BCUT2D eigenvalue weighted by Gasteiger charge is 2.14. The van der Waals surface area contributed by atoms with Gasteiger partial charge in [0.25, 0.3) is 11.8 Å². The summed E-state index contributed by atoms with van der Waals surface area (Å²) in [4.78, 5) is 17.1. The van der Waals surface area contributed by atoms with Gasteiger partial charge in [-0.1, -0.05) is 38.3 Å². The zero-order chi connectivity index (χ0) is 18.2. The Kier molecular flexibility index (Phi) is 6.92. The van der Waals surface area contributed by atoms with Crippen LogP contribution in [0.5, 0.6) is 11.6 Å². The molecule has 1 aromatic carbocycles. The summed E-state index contributed by atoms with van der Waals surface area (Å²) in [5.41, 5.74) is 1.43. The number of benzene rings is 1. The van der Waals surface area contributed by atoms with Gasteiger partial charge >= 0.3 is 0 Å². The summed E-state index contributed by atoms with van der Waals surface area (Å²) in [5.74, 6) is -0.567. The molecule has 2 aromatic rings. The van der Waals surface area contributed by atoms with Crippen molar-refractivity contribution in [1.29, 1.82) is 0 Å². The van der Waals surface area contributed by atoms with Crippen LogP contribution in [0.25, 0.3) is 0 Å². The molecule has 5 heteroatoms. The predicted octanol–water partition coefficient (Wildman–Crippen LogP) is 4.84. The summed E-state index contributed by atoms with van der Waals surface area (Å²) in [6, 6.07) is 8.75. The minimum absolute atomic E-state index is 0.133. The number of rotatable bonds is 8. The highest BCUT2D eigenvalue weighted by atomic mass is 19.1. The van der Waals surface area contributed by atoms with Crippen LogP contribution in [0.15, 0.2) is 36.5 Å². The van der Waals surface area contributed by atoms with Crippen molar-refractivity contribution in [3.63, 3.8) is 0 Å². The molecule has 0 unspecified atom stereocenters. The Morgan fingerprint density at radius 1 is 1.16 bits per heavy atom. The zero-order valence-electron chi connectivity index (χ0n) is 15.1. The maximum atomic E-state index is 14.1. The number of amides is 1. The molecule has 0 spiro atoms. The molecule has 4 nitrogen and oxygen atoms in total. The molecule has 0 saturated carbocycles. The topological polar surface area (TPSA) is 42.4 Å². The van der Waals surface area contributed by atoms with Gasteiger partial charge in [0.2, 0.25) is 0 Å². The van der Waals surface area contributed by atoms with Gasteiger partial charge in [-0.25, -0.2) is 9.37 Å². The average Bonchev–Trinajstić information content (AvgIpc) is 2.61. The third-order valence-electron chi connectivity index (χ3n) is 3.92. The summed E-state index contributed by atoms with van der Waals surface area (Å²) in [5, 5.41) is 0. The Balaban J connectivity index is 1.98. The highest BCUT2D eigenvalue weighted by Crippen LogP contribution is 2.23. The van der Waals surface area contributed by atoms with Gasteiger partial charge in [0.15, 0.2) is 5.82 Å². The van der Waals surface area contributed by atoms with E-state index in [1.807, 2.05) is 24.3 Å². The lowest BCUT2D eigenvalue weighted by molar-refractivity contribution is 0.0826. The third kappa shape index (κ3) is 5.55. The smallest absolute Gasteiger partial charge is 0.255 e. The first-order chi connectivity index (χ1) is 12.0. The molecule has 0 N–H and O–H groups in total. The van der Waals surface area contributed by atoms with E-state index in [9.17, 15) is 9.18 Å². The first-order valence-corrected chi connectivity index (χ1v) is 8.65. The molecule has 2 rings (SSSR count). The third-order valence-corrected chi connectivity index (χ3v) is 3.92. The van der Waals surface area contributed by atoms with Gasteiger partial charge in [-0.05, 0) is 36.6 Å². The van der Waals surface area contributed by atoms with Crippen LogP contribution in [0, 0.1) is 5.82 Å². The maximum Gasteiger partial charge on any atom is 0.255 e. The first kappa shape index (κ1) is 18.9. The van der Waals surface area contributed by atoms with E-state index >= 15 is 0 Å². The van der Waals surface area contributed by atoms with E-state index < -0.39 is 5.82 Å². The Morgan fingerprint density at radius 3 is 2.48 bits per heavy atom. The monoisotopic (exact) mass is 344 g/mol. The molecule has 0 aliphatic rings. The van der Waals surface area contributed by atoms with E-state index in [1.54, 1.807) is 14.1 Å². The van der Waals surface area contributed by atoms with Gasteiger partial charge in [0, 0.05) is 20.3 Å². The summed E-state index contributed by atoms with van der Waals surface area (Å²) in [7, 11) is 3.21. The number of aryl methyl sites for hydroxylation is 1. The SMILES string of the molecule is CCCCCCc1ccc(Oc2ncc(C(=O)N(C)C)cc2F)cc1. The van der Waals surface area contributed by atoms with Crippen molar-refractivity contribution in [3.8, 4) is 11.6 Å². The lowest BCUT2D eigenvalue weighted by Crippen LogP contribution is -2.22. The molecule has 0 aliphatic carbocycles. The standard InChI is InChI=1S/C20H25FN2O2/c1-4-5-6-7-8-15-9-11-17(12-10-15)25-19-18(21)13-16(14-22-19)20(24)23(2)3/h9-14H,4-8H2,1-3H3. The van der Waals surface area contributed by atoms with E-state index in [-0.39, 0.29) is 17.4 Å². The largest absolute Gasteiger partial charge is 0.436 e. The lowest BCUT2D eigenvalue weighted by atomic mass is 10.1. The highest BCUT2D eigenvalue weighted by molar-refractivity contribution is 5.93. The van der Waals surface area contributed by atoms with E-state index in [0.717, 1.165) is 12.5 Å². The molecule has 25 heavy (non-hydrogen) atoms. The van der Waals surface area contributed by atoms with E-state index in [2.05, 4.69) is 11.9 Å². The Labute approximate surface area is 148 Å². The Hall–Kier alpha value is -2.43.